The molecule has 2 aromatic heterocycles. The molecule has 0 aliphatic rings. The molecule has 162 valence electrons. The van der Waals surface area contributed by atoms with Gasteiger partial charge in [-0.2, -0.15) is 0 Å². The molecular formula is C24H22ClN5OS. The van der Waals surface area contributed by atoms with Crippen molar-refractivity contribution in [3.63, 3.8) is 0 Å². The van der Waals surface area contributed by atoms with E-state index in [2.05, 4.69) is 32.6 Å². The molecule has 0 aliphatic carbocycles. The molecule has 32 heavy (non-hydrogen) atoms. The largest absolute Gasteiger partial charge is 0.349 e. The van der Waals surface area contributed by atoms with Gasteiger partial charge in [0.05, 0.1) is 18.3 Å². The lowest BCUT2D eigenvalue weighted by Crippen LogP contribution is -2.28. The monoisotopic (exact) mass is 463 g/mol. The Labute approximate surface area is 196 Å². The van der Waals surface area contributed by atoms with Gasteiger partial charge in [-0.25, -0.2) is 0 Å². The second-order valence-electron chi connectivity index (χ2n) is 7.24. The summed E-state index contributed by atoms with van der Waals surface area (Å²) in [5.74, 6) is 0.909. The number of carbonyl (C=O) groups excluding carboxylic acids is 1. The molecule has 0 spiro atoms. The maximum atomic E-state index is 12.6. The summed E-state index contributed by atoms with van der Waals surface area (Å²) < 4.78 is 2.03. The number of pyridine rings is 1. The molecule has 0 fully saturated rings. The van der Waals surface area contributed by atoms with Crippen LogP contribution in [0.15, 0.2) is 84.3 Å². The molecule has 1 amide bonds. The highest BCUT2D eigenvalue weighted by atomic mass is 35.5. The quantitative estimate of drug-likeness (QED) is 0.372. The first kappa shape index (κ1) is 22.0. The summed E-state index contributed by atoms with van der Waals surface area (Å²) in [7, 11) is 0. The third-order valence-electron chi connectivity index (χ3n) is 4.92. The van der Waals surface area contributed by atoms with Crippen LogP contribution in [0.2, 0.25) is 5.02 Å². The highest BCUT2D eigenvalue weighted by Gasteiger charge is 2.17. The first-order valence-electron chi connectivity index (χ1n) is 10.2. The van der Waals surface area contributed by atoms with Crippen LogP contribution in [-0.2, 0) is 11.3 Å². The van der Waals surface area contributed by atoms with Crippen molar-refractivity contribution in [1.82, 2.24) is 25.1 Å². The van der Waals surface area contributed by atoms with Gasteiger partial charge in [-0.1, -0.05) is 65.8 Å². The molecule has 0 saturated carbocycles. The first-order valence-corrected chi connectivity index (χ1v) is 11.5. The van der Waals surface area contributed by atoms with Gasteiger partial charge in [0, 0.05) is 23.0 Å². The van der Waals surface area contributed by atoms with Crippen LogP contribution in [-0.4, -0.2) is 31.4 Å². The molecule has 0 saturated heterocycles. The zero-order valence-corrected chi connectivity index (χ0v) is 19.1. The van der Waals surface area contributed by atoms with Crippen molar-refractivity contribution in [2.24, 2.45) is 0 Å². The maximum absolute atomic E-state index is 12.6. The van der Waals surface area contributed by atoms with Gasteiger partial charge >= 0.3 is 0 Å². The fourth-order valence-corrected chi connectivity index (χ4v) is 4.14. The number of nitrogens with one attached hydrogen (secondary N) is 1. The van der Waals surface area contributed by atoms with E-state index in [-0.39, 0.29) is 17.7 Å². The van der Waals surface area contributed by atoms with Gasteiger partial charge in [-0.05, 0) is 42.3 Å². The number of amides is 1. The Morgan fingerprint density at radius 1 is 1.03 bits per heavy atom. The second-order valence-corrected chi connectivity index (χ2v) is 8.62. The summed E-state index contributed by atoms with van der Waals surface area (Å²) in [4.78, 5) is 16.7. The van der Waals surface area contributed by atoms with Crippen molar-refractivity contribution in [2.45, 2.75) is 24.7 Å². The number of halogens is 1. The third kappa shape index (κ3) is 5.55. The third-order valence-corrected chi connectivity index (χ3v) is 6.14. The van der Waals surface area contributed by atoms with E-state index in [1.165, 1.54) is 11.8 Å². The van der Waals surface area contributed by atoms with Crippen molar-refractivity contribution in [3.8, 4) is 11.4 Å². The van der Waals surface area contributed by atoms with Crippen molar-refractivity contribution in [3.05, 3.63) is 95.3 Å². The van der Waals surface area contributed by atoms with Crippen LogP contribution in [0.25, 0.3) is 11.4 Å². The SMILES string of the molecule is CC(NC(=O)CSc1nnc(-c2ccncc2)n1Cc1ccccc1)c1ccc(Cl)cc1. The summed E-state index contributed by atoms with van der Waals surface area (Å²) in [5.41, 5.74) is 3.06. The topological polar surface area (TPSA) is 72.7 Å². The summed E-state index contributed by atoms with van der Waals surface area (Å²) in [6.07, 6.45) is 3.46. The summed E-state index contributed by atoms with van der Waals surface area (Å²) in [6, 6.07) is 21.3. The summed E-state index contributed by atoms with van der Waals surface area (Å²) in [6.45, 7) is 2.56. The summed E-state index contributed by atoms with van der Waals surface area (Å²) in [5, 5.41) is 13.2. The van der Waals surface area contributed by atoms with E-state index in [9.17, 15) is 4.79 Å². The van der Waals surface area contributed by atoms with E-state index >= 15 is 0 Å². The molecule has 1 N–H and O–H groups in total. The van der Waals surface area contributed by atoms with Crippen molar-refractivity contribution in [2.75, 3.05) is 5.75 Å². The Morgan fingerprint density at radius 2 is 1.75 bits per heavy atom. The Hall–Kier alpha value is -3.16. The van der Waals surface area contributed by atoms with Crippen LogP contribution in [0.1, 0.15) is 24.1 Å². The molecule has 0 aliphatic heterocycles. The molecule has 2 heterocycles. The van der Waals surface area contributed by atoms with E-state index in [1.807, 2.05) is 66.1 Å². The van der Waals surface area contributed by atoms with E-state index in [0.717, 1.165) is 22.5 Å². The Balaban J connectivity index is 1.48. The zero-order chi connectivity index (χ0) is 22.3. The molecule has 6 nitrogen and oxygen atoms in total. The lowest BCUT2D eigenvalue weighted by atomic mass is 10.1. The number of hydrogen-bond acceptors (Lipinski definition) is 5. The number of aromatic nitrogens is 4. The number of rotatable bonds is 8. The standard InChI is InChI=1S/C24H22ClN5OS/c1-17(19-7-9-21(25)10-8-19)27-22(31)16-32-24-29-28-23(20-11-13-26-14-12-20)30(24)15-18-5-3-2-4-6-18/h2-14,17H,15-16H2,1H3,(H,27,31). The molecular weight excluding hydrogens is 442 g/mol. The lowest BCUT2D eigenvalue weighted by molar-refractivity contribution is -0.119. The van der Waals surface area contributed by atoms with Crippen LogP contribution < -0.4 is 5.32 Å². The molecule has 1 unspecified atom stereocenters. The van der Waals surface area contributed by atoms with Crippen LogP contribution in [0.3, 0.4) is 0 Å². The van der Waals surface area contributed by atoms with E-state index in [4.69, 9.17) is 11.6 Å². The highest BCUT2D eigenvalue weighted by molar-refractivity contribution is 7.99. The van der Waals surface area contributed by atoms with Gasteiger partial charge in [0.15, 0.2) is 11.0 Å². The molecule has 0 bridgehead atoms. The van der Waals surface area contributed by atoms with Gasteiger partial charge < -0.3 is 5.32 Å². The van der Waals surface area contributed by atoms with Gasteiger partial charge in [0.25, 0.3) is 0 Å². The van der Waals surface area contributed by atoms with Crippen LogP contribution in [0.4, 0.5) is 0 Å². The zero-order valence-electron chi connectivity index (χ0n) is 17.5. The fourth-order valence-electron chi connectivity index (χ4n) is 3.27. The van der Waals surface area contributed by atoms with Crippen LogP contribution >= 0.6 is 23.4 Å². The number of nitrogens with zero attached hydrogens (tertiary/aromatic N) is 4. The maximum Gasteiger partial charge on any atom is 0.230 e. The average Bonchev–Trinajstić information content (AvgIpc) is 3.21. The first-order chi connectivity index (χ1) is 15.6. The van der Waals surface area contributed by atoms with Gasteiger partial charge in [0.2, 0.25) is 5.91 Å². The smallest absolute Gasteiger partial charge is 0.230 e. The normalized spacial score (nSPS) is 11.8. The van der Waals surface area contributed by atoms with Crippen molar-refractivity contribution < 1.29 is 4.79 Å². The Bertz CT molecular complexity index is 1170. The Morgan fingerprint density at radius 3 is 2.47 bits per heavy atom. The minimum absolute atomic E-state index is 0.0721. The predicted molar refractivity (Wildman–Crippen MR) is 128 cm³/mol. The molecule has 2 aromatic carbocycles. The fraction of sp³-hybridized carbons (Fsp3) is 0.167. The average molecular weight is 464 g/mol. The molecule has 0 radical (unpaired) electrons. The number of hydrogen-bond donors (Lipinski definition) is 1. The molecule has 8 heteroatoms. The number of carbonyl (C=O) groups is 1. The highest BCUT2D eigenvalue weighted by Crippen LogP contribution is 2.25. The molecule has 4 rings (SSSR count). The van der Waals surface area contributed by atoms with Crippen LogP contribution in [0.5, 0.6) is 0 Å². The minimum Gasteiger partial charge on any atom is -0.349 e. The number of benzene rings is 2. The Kier molecular flexibility index (Phi) is 7.19. The molecule has 4 aromatic rings. The molecule has 1 atom stereocenters. The number of thioether (sulfide) groups is 1. The minimum atomic E-state index is -0.116. The van der Waals surface area contributed by atoms with Crippen molar-refractivity contribution >= 4 is 29.3 Å². The van der Waals surface area contributed by atoms with E-state index in [0.29, 0.717) is 16.7 Å². The van der Waals surface area contributed by atoms with E-state index < -0.39 is 0 Å². The second kappa shape index (κ2) is 10.4. The summed E-state index contributed by atoms with van der Waals surface area (Å²) >= 11 is 7.32. The van der Waals surface area contributed by atoms with Gasteiger partial charge in [0.1, 0.15) is 0 Å². The van der Waals surface area contributed by atoms with Crippen LogP contribution in [0, 0.1) is 0 Å². The predicted octanol–water partition coefficient (Wildman–Crippen LogP) is 5.01. The van der Waals surface area contributed by atoms with Crippen molar-refractivity contribution in [1.29, 1.82) is 0 Å². The van der Waals surface area contributed by atoms with Gasteiger partial charge in [-0.15, -0.1) is 10.2 Å². The van der Waals surface area contributed by atoms with Gasteiger partial charge in [-0.3, -0.25) is 14.3 Å². The van der Waals surface area contributed by atoms with E-state index in [1.54, 1.807) is 12.4 Å². The lowest BCUT2D eigenvalue weighted by Gasteiger charge is -2.14.